The van der Waals surface area contributed by atoms with Gasteiger partial charge in [0.15, 0.2) is 11.5 Å². The van der Waals surface area contributed by atoms with E-state index in [1.54, 1.807) is 14.2 Å². The van der Waals surface area contributed by atoms with Crippen LogP contribution in [-0.4, -0.2) is 41.6 Å². The molecular weight excluding hydrogens is 414 g/mol. The number of imidazole rings is 1. The van der Waals surface area contributed by atoms with Gasteiger partial charge in [0.25, 0.3) is 0 Å². The lowest BCUT2D eigenvalue weighted by molar-refractivity contribution is 0.166. The molecule has 4 aromatic rings. The largest absolute Gasteiger partial charge is 0.492 e. The molecule has 4 rings (SSSR count). The Morgan fingerprint density at radius 1 is 0.939 bits per heavy atom. The highest BCUT2D eigenvalue weighted by molar-refractivity contribution is 5.76. The summed E-state index contributed by atoms with van der Waals surface area (Å²) in [5.41, 5.74) is 4.57. The van der Waals surface area contributed by atoms with Crippen LogP contribution in [0.1, 0.15) is 31.9 Å². The zero-order chi connectivity index (χ0) is 23.4. The number of benzene rings is 3. The monoisotopic (exact) mass is 445 g/mol. The summed E-state index contributed by atoms with van der Waals surface area (Å²) in [6, 6.07) is 22.1. The van der Waals surface area contributed by atoms with E-state index < -0.39 is 6.10 Å². The molecule has 0 aliphatic rings. The van der Waals surface area contributed by atoms with Gasteiger partial charge in [0, 0.05) is 17.2 Å². The van der Waals surface area contributed by atoms with Crippen molar-refractivity contribution in [2.75, 3.05) is 25.8 Å². The van der Waals surface area contributed by atoms with Crippen LogP contribution in [0.15, 0.2) is 73.1 Å². The smallest absolute Gasteiger partial charge is 0.168 e. The molecular formula is C27H31N3O3. The van der Waals surface area contributed by atoms with Gasteiger partial charge in [0.05, 0.1) is 31.8 Å². The maximum atomic E-state index is 11.4. The molecule has 1 aromatic heterocycles. The van der Waals surface area contributed by atoms with Crippen molar-refractivity contribution in [2.24, 2.45) is 0 Å². The Morgan fingerprint density at radius 3 is 2.33 bits per heavy atom. The number of aromatic nitrogens is 2. The number of rotatable bonds is 9. The van der Waals surface area contributed by atoms with Gasteiger partial charge in [-0.1, -0.05) is 55.5 Å². The first-order valence-electron chi connectivity index (χ1n) is 11.3. The summed E-state index contributed by atoms with van der Waals surface area (Å²) < 4.78 is 13.5. The summed E-state index contributed by atoms with van der Waals surface area (Å²) in [7, 11) is 3.24. The molecule has 0 aliphatic heterocycles. The Balaban J connectivity index is 1.72. The van der Waals surface area contributed by atoms with Crippen molar-refractivity contribution in [1.29, 1.82) is 0 Å². The van der Waals surface area contributed by atoms with Crippen LogP contribution in [-0.2, 0) is 0 Å². The van der Waals surface area contributed by atoms with Gasteiger partial charge < -0.3 is 19.6 Å². The molecule has 2 unspecified atom stereocenters. The summed E-state index contributed by atoms with van der Waals surface area (Å²) in [6.07, 6.45) is 1.95. The molecule has 0 saturated carbocycles. The predicted octanol–water partition coefficient (Wildman–Crippen LogP) is 5.19. The van der Waals surface area contributed by atoms with Gasteiger partial charge in [0.2, 0.25) is 0 Å². The maximum absolute atomic E-state index is 11.4. The zero-order valence-corrected chi connectivity index (χ0v) is 19.6. The van der Waals surface area contributed by atoms with E-state index in [4.69, 9.17) is 9.47 Å². The number of para-hydroxylation sites is 2. The summed E-state index contributed by atoms with van der Waals surface area (Å²) in [4.78, 5) is 4.54. The summed E-state index contributed by atoms with van der Waals surface area (Å²) in [6.45, 7) is 4.67. The van der Waals surface area contributed by atoms with Crippen molar-refractivity contribution < 1.29 is 14.6 Å². The SMILES string of the molecule is CCC(C)N(CC(O)c1ccc(-c2ccccc2)c(OC)c1OC)n1cnc2ccccc21. The molecule has 0 radical (unpaired) electrons. The lowest BCUT2D eigenvalue weighted by atomic mass is 9.98. The zero-order valence-electron chi connectivity index (χ0n) is 19.6. The highest BCUT2D eigenvalue weighted by Gasteiger charge is 2.25. The number of hydrogen-bond acceptors (Lipinski definition) is 5. The number of methoxy groups -OCH3 is 2. The number of fused-ring (bicyclic) bond motifs is 1. The molecule has 1 N–H and O–H groups in total. The first-order valence-corrected chi connectivity index (χ1v) is 11.3. The van der Waals surface area contributed by atoms with Gasteiger partial charge in [-0.25, -0.2) is 9.66 Å². The maximum Gasteiger partial charge on any atom is 0.168 e. The lowest BCUT2D eigenvalue weighted by Crippen LogP contribution is -2.44. The Kier molecular flexibility index (Phi) is 6.84. The Hall–Kier alpha value is -3.51. The highest BCUT2D eigenvalue weighted by atomic mass is 16.5. The van der Waals surface area contributed by atoms with Crippen LogP contribution >= 0.6 is 0 Å². The molecule has 0 saturated heterocycles. The van der Waals surface area contributed by atoms with Crippen molar-refractivity contribution in [3.05, 3.63) is 78.6 Å². The summed E-state index contributed by atoms with van der Waals surface area (Å²) in [5.74, 6) is 1.16. The number of aliphatic hydroxyl groups excluding tert-OH is 1. The normalized spacial score (nSPS) is 13.0. The van der Waals surface area contributed by atoms with Gasteiger partial charge in [-0.2, -0.15) is 0 Å². The molecule has 0 aliphatic carbocycles. The van der Waals surface area contributed by atoms with E-state index in [2.05, 4.69) is 23.8 Å². The fourth-order valence-corrected chi connectivity index (χ4v) is 4.22. The van der Waals surface area contributed by atoms with E-state index in [0.29, 0.717) is 23.6 Å². The number of hydrogen-bond donors (Lipinski definition) is 1. The highest BCUT2D eigenvalue weighted by Crippen LogP contribution is 2.42. The minimum atomic E-state index is -0.797. The van der Waals surface area contributed by atoms with Crippen LogP contribution < -0.4 is 14.5 Å². The molecule has 0 amide bonds. The van der Waals surface area contributed by atoms with E-state index >= 15 is 0 Å². The standard InChI is InChI=1S/C27H31N3O3/c1-5-19(2)29(30-18-28-23-13-9-10-14-24(23)30)17-25(31)22-16-15-21(20-11-7-6-8-12-20)26(32-3)27(22)33-4/h6-16,18-19,25,31H,5,17H2,1-4H3. The van der Waals surface area contributed by atoms with Crippen LogP contribution in [0.2, 0.25) is 0 Å². The number of aliphatic hydroxyl groups is 1. The quantitative estimate of drug-likeness (QED) is 0.384. The molecule has 2 atom stereocenters. The second kappa shape index (κ2) is 9.96. The molecule has 6 heteroatoms. The first kappa shape index (κ1) is 22.7. The molecule has 0 spiro atoms. The number of ether oxygens (including phenoxy) is 2. The first-order chi connectivity index (χ1) is 16.1. The second-order valence-electron chi connectivity index (χ2n) is 8.11. The van der Waals surface area contributed by atoms with Crippen molar-refractivity contribution in [3.8, 4) is 22.6 Å². The fraction of sp³-hybridized carbons (Fsp3) is 0.296. The fourth-order valence-electron chi connectivity index (χ4n) is 4.22. The van der Waals surface area contributed by atoms with E-state index in [0.717, 1.165) is 28.6 Å². The molecule has 6 nitrogen and oxygen atoms in total. The van der Waals surface area contributed by atoms with Crippen LogP contribution in [0.4, 0.5) is 0 Å². The molecule has 0 fully saturated rings. The Bertz CT molecular complexity index is 1210. The topological polar surface area (TPSA) is 59.8 Å². The third kappa shape index (κ3) is 4.39. The van der Waals surface area contributed by atoms with Gasteiger partial charge in [0.1, 0.15) is 12.4 Å². The molecule has 1 heterocycles. The third-order valence-electron chi connectivity index (χ3n) is 6.17. The van der Waals surface area contributed by atoms with E-state index in [9.17, 15) is 5.11 Å². The minimum Gasteiger partial charge on any atom is -0.492 e. The van der Waals surface area contributed by atoms with E-state index in [-0.39, 0.29) is 6.04 Å². The molecule has 172 valence electrons. The molecule has 33 heavy (non-hydrogen) atoms. The van der Waals surface area contributed by atoms with Crippen molar-refractivity contribution >= 4 is 11.0 Å². The van der Waals surface area contributed by atoms with Crippen LogP contribution in [0, 0.1) is 0 Å². The average molecular weight is 446 g/mol. The predicted molar refractivity (Wildman–Crippen MR) is 133 cm³/mol. The van der Waals surface area contributed by atoms with Crippen LogP contribution in [0.5, 0.6) is 11.5 Å². The molecule has 3 aromatic carbocycles. The van der Waals surface area contributed by atoms with Gasteiger partial charge in [-0.05, 0) is 37.1 Å². The second-order valence-corrected chi connectivity index (χ2v) is 8.11. The van der Waals surface area contributed by atoms with E-state index in [1.807, 2.05) is 77.7 Å². The van der Waals surface area contributed by atoms with Crippen molar-refractivity contribution in [2.45, 2.75) is 32.4 Å². The van der Waals surface area contributed by atoms with Crippen molar-refractivity contribution in [3.63, 3.8) is 0 Å². The van der Waals surface area contributed by atoms with E-state index in [1.165, 1.54) is 0 Å². The van der Waals surface area contributed by atoms with Crippen molar-refractivity contribution in [1.82, 2.24) is 9.66 Å². The Morgan fingerprint density at radius 2 is 1.64 bits per heavy atom. The minimum absolute atomic E-state index is 0.189. The van der Waals surface area contributed by atoms with Gasteiger partial charge in [-0.3, -0.25) is 0 Å². The lowest BCUT2D eigenvalue weighted by Gasteiger charge is -2.34. The summed E-state index contributed by atoms with van der Waals surface area (Å²) >= 11 is 0. The van der Waals surface area contributed by atoms with Crippen LogP contribution in [0.25, 0.3) is 22.2 Å². The summed E-state index contributed by atoms with van der Waals surface area (Å²) in [5, 5.41) is 13.5. The Labute approximate surface area is 195 Å². The molecule has 0 bridgehead atoms. The van der Waals surface area contributed by atoms with Gasteiger partial charge >= 0.3 is 0 Å². The van der Waals surface area contributed by atoms with Crippen LogP contribution in [0.3, 0.4) is 0 Å². The number of nitrogens with zero attached hydrogens (tertiary/aromatic N) is 3. The third-order valence-corrected chi connectivity index (χ3v) is 6.17. The average Bonchev–Trinajstić information content (AvgIpc) is 3.30. The van der Waals surface area contributed by atoms with Gasteiger partial charge in [-0.15, -0.1) is 0 Å².